The maximum absolute atomic E-state index is 12.8. The molecule has 132 valence electrons. The first-order chi connectivity index (χ1) is 12.2. The lowest BCUT2D eigenvalue weighted by Crippen LogP contribution is -2.31. The van der Waals surface area contributed by atoms with Crippen molar-refractivity contribution in [3.8, 4) is 5.75 Å². The van der Waals surface area contributed by atoms with Gasteiger partial charge in [-0.25, -0.2) is 4.39 Å². The lowest BCUT2D eigenvalue weighted by atomic mass is 10.2. The van der Waals surface area contributed by atoms with Crippen molar-refractivity contribution in [3.63, 3.8) is 0 Å². The van der Waals surface area contributed by atoms with E-state index in [1.54, 1.807) is 0 Å². The highest BCUT2D eigenvalue weighted by molar-refractivity contribution is 7.99. The van der Waals surface area contributed by atoms with Crippen LogP contribution in [0.3, 0.4) is 0 Å². The van der Waals surface area contributed by atoms with E-state index in [4.69, 9.17) is 4.74 Å². The van der Waals surface area contributed by atoms with Gasteiger partial charge in [-0.1, -0.05) is 12.1 Å². The highest BCUT2D eigenvalue weighted by Gasteiger charge is 2.10. The molecular weight excluding hydrogens is 339 g/mol. The number of halogens is 1. The van der Waals surface area contributed by atoms with Crippen molar-refractivity contribution in [1.82, 2.24) is 4.90 Å². The normalized spacial score (nSPS) is 14.9. The van der Waals surface area contributed by atoms with Gasteiger partial charge in [0.1, 0.15) is 11.6 Å². The van der Waals surface area contributed by atoms with E-state index >= 15 is 0 Å². The van der Waals surface area contributed by atoms with Gasteiger partial charge in [0.05, 0.1) is 0 Å². The molecule has 0 saturated carbocycles. The van der Waals surface area contributed by atoms with Gasteiger partial charge in [-0.3, -0.25) is 9.69 Å². The number of ether oxygens (including phenoxy) is 1. The number of carbonyl (C=O) groups is 1. The molecule has 6 heteroatoms. The van der Waals surface area contributed by atoms with E-state index in [0.29, 0.717) is 5.75 Å². The molecule has 2 aromatic rings. The minimum Gasteiger partial charge on any atom is -0.484 e. The third-order valence-electron chi connectivity index (χ3n) is 3.93. The second kappa shape index (κ2) is 8.87. The van der Waals surface area contributed by atoms with Crippen LogP contribution < -0.4 is 10.1 Å². The molecule has 0 aliphatic carbocycles. The summed E-state index contributed by atoms with van der Waals surface area (Å²) >= 11 is 2.00. The lowest BCUT2D eigenvalue weighted by Gasteiger charge is -2.26. The fourth-order valence-corrected chi connectivity index (χ4v) is 3.57. The number of hydrogen-bond acceptors (Lipinski definition) is 4. The molecule has 0 unspecified atom stereocenters. The van der Waals surface area contributed by atoms with Crippen LogP contribution in [0.1, 0.15) is 5.56 Å². The number of carbonyl (C=O) groups excluding carboxylic acids is 1. The van der Waals surface area contributed by atoms with E-state index in [1.165, 1.54) is 41.3 Å². The fourth-order valence-electron chi connectivity index (χ4n) is 2.59. The summed E-state index contributed by atoms with van der Waals surface area (Å²) in [4.78, 5) is 14.4. The summed E-state index contributed by atoms with van der Waals surface area (Å²) in [5.41, 5.74) is 1.98. The molecule has 25 heavy (non-hydrogen) atoms. The zero-order valence-electron chi connectivity index (χ0n) is 13.9. The first kappa shape index (κ1) is 17.8. The van der Waals surface area contributed by atoms with Crippen molar-refractivity contribution >= 4 is 23.4 Å². The van der Waals surface area contributed by atoms with Crippen LogP contribution >= 0.6 is 11.8 Å². The van der Waals surface area contributed by atoms with Gasteiger partial charge in [0.25, 0.3) is 5.91 Å². The Kier molecular flexibility index (Phi) is 6.30. The van der Waals surface area contributed by atoms with Gasteiger partial charge in [0.15, 0.2) is 6.61 Å². The molecule has 4 nitrogen and oxygen atoms in total. The van der Waals surface area contributed by atoms with Gasteiger partial charge < -0.3 is 10.1 Å². The second-order valence-corrected chi connectivity index (χ2v) is 7.10. The molecule has 0 bridgehead atoms. The van der Waals surface area contributed by atoms with Crippen LogP contribution in [-0.2, 0) is 11.3 Å². The van der Waals surface area contributed by atoms with Crippen LogP contribution in [-0.4, -0.2) is 42.0 Å². The molecule has 1 saturated heterocycles. The molecule has 0 aromatic heterocycles. The molecule has 1 fully saturated rings. The van der Waals surface area contributed by atoms with E-state index in [9.17, 15) is 9.18 Å². The van der Waals surface area contributed by atoms with Crippen molar-refractivity contribution in [3.05, 3.63) is 59.9 Å². The number of amides is 1. The van der Waals surface area contributed by atoms with E-state index in [1.807, 2.05) is 36.0 Å². The Morgan fingerprint density at radius 2 is 1.76 bits per heavy atom. The summed E-state index contributed by atoms with van der Waals surface area (Å²) in [5.74, 6) is 2.28. The Morgan fingerprint density at radius 3 is 2.44 bits per heavy atom. The number of rotatable bonds is 6. The average Bonchev–Trinajstić information content (AvgIpc) is 2.64. The number of hydrogen-bond donors (Lipinski definition) is 1. The highest BCUT2D eigenvalue weighted by atomic mass is 32.2. The predicted octanol–water partition coefficient (Wildman–Crippen LogP) is 3.39. The molecule has 1 aliphatic heterocycles. The van der Waals surface area contributed by atoms with Gasteiger partial charge in [-0.15, -0.1) is 0 Å². The van der Waals surface area contributed by atoms with E-state index in [-0.39, 0.29) is 18.3 Å². The smallest absolute Gasteiger partial charge is 0.262 e. The molecule has 1 aliphatic rings. The predicted molar refractivity (Wildman–Crippen MR) is 99.6 cm³/mol. The molecule has 2 aromatic carbocycles. The van der Waals surface area contributed by atoms with Crippen LogP contribution in [0.5, 0.6) is 5.75 Å². The van der Waals surface area contributed by atoms with Crippen molar-refractivity contribution < 1.29 is 13.9 Å². The van der Waals surface area contributed by atoms with E-state index < -0.39 is 0 Å². The molecule has 3 rings (SSSR count). The van der Waals surface area contributed by atoms with Crippen LogP contribution in [0.25, 0.3) is 0 Å². The van der Waals surface area contributed by atoms with Crippen molar-refractivity contribution in [2.75, 3.05) is 36.5 Å². The Balaban J connectivity index is 1.45. The first-order valence-electron chi connectivity index (χ1n) is 8.26. The second-order valence-electron chi connectivity index (χ2n) is 5.88. The number of benzene rings is 2. The van der Waals surface area contributed by atoms with Crippen LogP contribution in [0.4, 0.5) is 10.1 Å². The fraction of sp³-hybridized carbons (Fsp3) is 0.316. The lowest BCUT2D eigenvalue weighted by molar-refractivity contribution is -0.118. The van der Waals surface area contributed by atoms with Gasteiger partial charge in [-0.05, 0) is 42.0 Å². The number of thioether (sulfide) groups is 1. The maximum atomic E-state index is 12.8. The number of nitrogens with zero attached hydrogens (tertiary/aromatic N) is 1. The van der Waals surface area contributed by atoms with Gasteiger partial charge in [0, 0.05) is 36.8 Å². The summed E-state index contributed by atoms with van der Waals surface area (Å²) in [6.07, 6.45) is 0. The Morgan fingerprint density at radius 1 is 1.08 bits per heavy atom. The zero-order valence-corrected chi connectivity index (χ0v) is 14.7. The van der Waals surface area contributed by atoms with Gasteiger partial charge in [-0.2, -0.15) is 11.8 Å². The Hall–Kier alpha value is -2.05. The summed E-state index contributed by atoms with van der Waals surface area (Å²) in [6.45, 7) is 3.09. The van der Waals surface area contributed by atoms with Gasteiger partial charge >= 0.3 is 0 Å². The Labute approximate surface area is 151 Å². The minimum atomic E-state index is -0.333. The molecule has 0 radical (unpaired) electrons. The first-order valence-corrected chi connectivity index (χ1v) is 9.42. The summed E-state index contributed by atoms with van der Waals surface area (Å²) in [5, 5.41) is 2.80. The van der Waals surface area contributed by atoms with Crippen LogP contribution in [0.15, 0.2) is 48.5 Å². The minimum absolute atomic E-state index is 0.112. The van der Waals surface area contributed by atoms with Gasteiger partial charge in [0.2, 0.25) is 0 Å². The molecule has 0 spiro atoms. The third kappa shape index (κ3) is 5.76. The summed E-state index contributed by atoms with van der Waals surface area (Å²) < 4.78 is 18.1. The maximum Gasteiger partial charge on any atom is 0.262 e. The van der Waals surface area contributed by atoms with Crippen molar-refractivity contribution in [2.45, 2.75) is 6.54 Å². The van der Waals surface area contributed by atoms with E-state index in [0.717, 1.165) is 25.3 Å². The van der Waals surface area contributed by atoms with E-state index in [2.05, 4.69) is 10.2 Å². The standard InChI is InChI=1S/C19H21FN2O2S/c20-16-3-7-18(8-4-16)24-14-19(23)21-17-5-1-15(2-6-17)13-22-9-11-25-12-10-22/h1-8H,9-14H2,(H,21,23). The SMILES string of the molecule is O=C(COc1ccc(F)cc1)Nc1ccc(CN2CCSCC2)cc1. The molecular formula is C19H21FN2O2S. The van der Waals surface area contributed by atoms with Crippen molar-refractivity contribution in [2.24, 2.45) is 0 Å². The summed E-state index contributed by atoms with van der Waals surface area (Å²) in [7, 11) is 0. The molecule has 1 N–H and O–H groups in total. The molecule has 0 atom stereocenters. The largest absolute Gasteiger partial charge is 0.484 e. The number of anilines is 1. The zero-order chi connectivity index (χ0) is 17.5. The Bertz CT molecular complexity index is 686. The van der Waals surface area contributed by atoms with Crippen molar-refractivity contribution in [1.29, 1.82) is 0 Å². The number of nitrogens with one attached hydrogen (secondary N) is 1. The van der Waals surface area contributed by atoms with Crippen LogP contribution in [0.2, 0.25) is 0 Å². The van der Waals surface area contributed by atoms with Crippen LogP contribution in [0, 0.1) is 5.82 Å². The highest BCUT2D eigenvalue weighted by Crippen LogP contribution is 2.15. The average molecular weight is 360 g/mol. The summed E-state index contributed by atoms with van der Waals surface area (Å²) in [6, 6.07) is 13.5. The monoisotopic (exact) mass is 360 g/mol. The molecule has 1 amide bonds. The topological polar surface area (TPSA) is 41.6 Å². The quantitative estimate of drug-likeness (QED) is 0.857. The molecule has 1 heterocycles. The third-order valence-corrected chi connectivity index (χ3v) is 4.87.